The van der Waals surface area contributed by atoms with E-state index in [-0.39, 0.29) is 0 Å². The molecule has 0 radical (unpaired) electrons. The SMILES string of the molecule is CCOc1ccc(NC=S)cc1. The number of rotatable bonds is 4. The number of hydrogen-bond acceptors (Lipinski definition) is 2. The van der Waals surface area contributed by atoms with Gasteiger partial charge in [0, 0.05) is 5.69 Å². The average Bonchev–Trinajstić information content (AvgIpc) is 2.09. The molecule has 0 heterocycles. The largest absolute Gasteiger partial charge is 0.494 e. The summed E-state index contributed by atoms with van der Waals surface area (Å²) >= 11 is 4.65. The molecule has 1 aromatic rings. The summed E-state index contributed by atoms with van der Waals surface area (Å²) in [6, 6.07) is 7.66. The summed E-state index contributed by atoms with van der Waals surface area (Å²) in [5.74, 6) is 0.882. The molecule has 1 rings (SSSR count). The maximum absolute atomic E-state index is 5.27. The summed E-state index contributed by atoms with van der Waals surface area (Å²) in [6.45, 7) is 2.66. The Morgan fingerprint density at radius 1 is 1.42 bits per heavy atom. The van der Waals surface area contributed by atoms with Gasteiger partial charge in [-0.1, -0.05) is 12.2 Å². The second-order valence-electron chi connectivity index (χ2n) is 2.22. The van der Waals surface area contributed by atoms with Gasteiger partial charge in [0.2, 0.25) is 0 Å². The van der Waals surface area contributed by atoms with Crippen LogP contribution in [0.25, 0.3) is 0 Å². The summed E-state index contributed by atoms with van der Waals surface area (Å²) < 4.78 is 5.27. The molecule has 0 aromatic heterocycles. The molecule has 3 heteroatoms. The highest BCUT2D eigenvalue weighted by Gasteiger charge is 1.91. The van der Waals surface area contributed by atoms with Gasteiger partial charge in [-0.15, -0.1) is 0 Å². The quantitative estimate of drug-likeness (QED) is 0.721. The molecule has 0 spiro atoms. The van der Waals surface area contributed by atoms with Crippen LogP contribution in [0.4, 0.5) is 5.69 Å². The Morgan fingerprint density at radius 2 is 2.08 bits per heavy atom. The molecule has 1 aromatic carbocycles. The molecular weight excluding hydrogens is 170 g/mol. The Morgan fingerprint density at radius 3 is 2.58 bits per heavy atom. The molecule has 0 aliphatic rings. The highest BCUT2D eigenvalue weighted by atomic mass is 32.1. The van der Waals surface area contributed by atoms with Gasteiger partial charge >= 0.3 is 0 Å². The molecule has 0 aliphatic carbocycles. The van der Waals surface area contributed by atoms with E-state index in [1.54, 1.807) is 0 Å². The molecule has 2 nitrogen and oxygen atoms in total. The molecule has 0 amide bonds. The lowest BCUT2D eigenvalue weighted by Crippen LogP contribution is -1.93. The van der Waals surface area contributed by atoms with Crippen molar-refractivity contribution in [2.24, 2.45) is 0 Å². The van der Waals surface area contributed by atoms with Crippen molar-refractivity contribution in [1.82, 2.24) is 0 Å². The van der Waals surface area contributed by atoms with Crippen molar-refractivity contribution in [2.45, 2.75) is 6.92 Å². The Balaban J connectivity index is 2.64. The molecule has 0 fully saturated rings. The fraction of sp³-hybridized carbons (Fsp3) is 0.222. The van der Waals surface area contributed by atoms with Crippen molar-refractivity contribution in [3.63, 3.8) is 0 Å². The fourth-order valence-electron chi connectivity index (χ4n) is 0.882. The molecule has 64 valence electrons. The molecule has 12 heavy (non-hydrogen) atoms. The van der Waals surface area contributed by atoms with Gasteiger partial charge in [0.25, 0.3) is 0 Å². The molecule has 0 saturated carbocycles. The lowest BCUT2D eigenvalue weighted by molar-refractivity contribution is 0.340. The predicted molar refractivity (Wildman–Crippen MR) is 54.9 cm³/mol. The van der Waals surface area contributed by atoms with Crippen LogP contribution in [0.5, 0.6) is 5.75 Å². The third-order valence-electron chi connectivity index (χ3n) is 1.39. The van der Waals surface area contributed by atoms with Crippen molar-refractivity contribution < 1.29 is 4.74 Å². The first-order valence-corrected chi connectivity index (χ1v) is 4.27. The average molecular weight is 181 g/mol. The summed E-state index contributed by atoms with van der Waals surface area (Å²) in [7, 11) is 0. The maximum Gasteiger partial charge on any atom is 0.119 e. The van der Waals surface area contributed by atoms with Gasteiger partial charge in [0.15, 0.2) is 0 Å². The first kappa shape index (κ1) is 9.00. The van der Waals surface area contributed by atoms with Crippen molar-refractivity contribution in [3.05, 3.63) is 24.3 Å². The lowest BCUT2D eigenvalue weighted by atomic mass is 10.3. The molecule has 0 unspecified atom stereocenters. The van der Waals surface area contributed by atoms with E-state index in [9.17, 15) is 0 Å². The molecular formula is C9H11NOS. The van der Waals surface area contributed by atoms with Crippen molar-refractivity contribution in [3.8, 4) is 5.75 Å². The minimum Gasteiger partial charge on any atom is -0.494 e. The van der Waals surface area contributed by atoms with Crippen molar-refractivity contribution in [1.29, 1.82) is 0 Å². The molecule has 0 saturated heterocycles. The maximum atomic E-state index is 5.27. The lowest BCUT2D eigenvalue weighted by Gasteiger charge is -2.03. The number of anilines is 1. The number of nitrogens with one attached hydrogen (secondary N) is 1. The van der Waals surface area contributed by atoms with E-state index in [0.717, 1.165) is 11.4 Å². The Labute approximate surface area is 77.5 Å². The van der Waals surface area contributed by atoms with E-state index in [2.05, 4.69) is 17.5 Å². The van der Waals surface area contributed by atoms with Crippen LogP contribution in [-0.2, 0) is 0 Å². The van der Waals surface area contributed by atoms with Crippen LogP contribution in [-0.4, -0.2) is 12.1 Å². The number of benzene rings is 1. The third kappa shape index (κ3) is 2.51. The van der Waals surface area contributed by atoms with E-state index >= 15 is 0 Å². The second kappa shape index (κ2) is 4.72. The standard InChI is InChI=1S/C9H11NOS/c1-2-11-9-5-3-8(4-6-9)10-7-12/h3-7H,2H2,1H3,(H,10,12). The zero-order valence-corrected chi connectivity index (χ0v) is 7.73. The second-order valence-corrected chi connectivity index (χ2v) is 2.46. The zero-order chi connectivity index (χ0) is 8.81. The topological polar surface area (TPSA) is 21.3 Å². The van der Waals surface area contributed by atoms with Crippen LogP contribution in [0.3, 0.4) is 0 Å². The smallest absolute Gasteiger partial charge is 0.119 e. The van der Waals surface area contributed by atoms with E-state index in [1.807, 2.05) is 31.2 Å². The van der Waals surface area contributed by atoms with Crippen LogP contribution < -0.4 is 10.1 Å². The van der Waals surface area contributed by atoms with Gasteiger partial charge in [-0.2, -0.15) is 0 Å². The number of hydrogen-bond donors (Lipinski definition) is 1. The van der Waals surface area contributed by atoms with Crippen LogP contribution in [0.2, 0.25) is 0 Å². The number of thiocarbonyl (C=S) groups is 1. The predicted octanol–water partition coefficient (Wildman–Crippen LogP) is 2.45. The molecule has 1 N–H and O–H groups in total. The normalized spacial score (nSPS) is 9.08. The zero-order valence-electron chi connectivity index (χ0n) is 6.91. The molecule has 0 bridgehead atoms. The van der Waals surface area contributed by atoms with Gasteiger partial charge in [0.05, 0.1) is 12.1 Å². The van der Waals surface area contributed by atoms with E-state index in [0.29, 0.717) is 6.61 Å². The van der Waals surface area contributed by atoms with Crippen LogP contribution in [0.1, 0.15) is 6.92 Å². The van der Waals surface area contributed by atoms with E-state index in [4.69, 9.17) is 4.74 Å². The number of ether oxygens (including phenoxy) is 1. The fourth-order valence-corrected chi connectivity index (χ4v) is 1.02. The Kier molecular flexibility index (Phi) is 3.54. The summed E-state index contributed by atoms with van der Waals surface area (Å²) in [5.41, 5.74) is 2.46. The summed E-state index contributed by atoms with van der Waals surface area (Å²) in [4.78, 5) is 0. The van der Waals surface area contributed by atoms with Crippen molar-refractivity contribution in [2.75, 3.05) is 11.9 Å². The summed E-state index contributed by atoms with van der Waals surface area (Å²) in [5, 5.41) is 2.91. The first-order valence-electron chi connectivity index (χ1n) is 3.80. The van der Waals surface area contributed by atoms with Gasteiger partial charge in [-0.25, -0.2) is 0 Å². The van der Waals surface area contributed by atoms with Crippen LogP contribution >= 0.6 is 12.2 Å². The Bertz CT molecular complexity index is 245. The van der Waals surface area contributed by atoms with Gasteiger partial charge in [-0.05, 0) is 31.2 Å². The molecule has 0 aliphatic heterocycles. The third-order valence-corrected chi connectivity index (χ3v) is 1.51. The molecule has 0 atom stereocenters. The highest BCUT2D eigenvalue weighted by Crippen LogP contribution is 2.14. The van der Waals surface area contributed by atoms with E-state index < -0.39 is 0 Å². The van der Waals surface area contributed by atoms with Crippen LogP contribution in [0, 0.1) is 0 Å². The van der Waals surface area contributed by atoms with Gasteiger partial charge in [0.1, 0.15) is 5.75 Å². The van der Waals surface area contributed by atoms with E-state index in [1.165, 1.54) is 5.49 Å². The highest BCUT2D eigenvalue weighted by molar-refractivity contribution is 7.79. The summed E-state index contributed by atoms with van der Waals surface area (Å²) in [6.07, 6.45) is 0. The van der Waals surface area contributed by atoms with Gasteiger partial charge < -0.3 is 10.1 Å². The first-order chi connectivity index (χ1) is 5.86. The Hall–Kier alpha value is -1.09. The van der Waals surface area contributed by atoms with Gasteiger partial charge in [-0.3, -0.25) is 0 Å². The van der Waals surface area contributed by atoms with Crippen molar-refractivity contribution >= 4 is 23.4 Å². The van der Waals surface area contributed by atoms with Crippen LogP contribution in [0.15, 0.2) is 24.3 Å². The minimum absolute atomic E-state index is 0.694. The minimum atomic E-state index is 0.694. The monoisotopic (exact) mass is 181 g/mol.